The van der Waals surface area contributed by atoms with E-state index in [9.17, 15) is 0 Å². The summed E-state index contributed by atoms with van der Waals surface area (Å²) in [6.45, 7) is 0. The van der Waals surface area contributed by atoms with Gasteiger partial charge in [0.25, 0.3) is 0 Å². The van der Waals surface area contributed by atoms with Crippen LogP contribution in [-0.2, 0) is 6.42 Å². The molecular formula is C16H16N2O2S. The molecule has 1 aromatic heterocycles. The minimum absolute atomic E-state index is 0.426. The second-order valence-electron chi connectivity index (χ2n) is 4.98. The third-order valence-electron chi connectivity index (χ3n) is 3.56. The molecule has 1 fully saturated rings. The molecule has 0 bridgehead atoms. The summed E-state index contributed by atoms with van der Waals surface area (Å²) < 4.78 is 10.8. The Morgan fingerprint density at radius 1 is 1.33 bits per heavy atom. The van der Waals surface area contributed by atoms with Gasteiger partial charge in [0.2, 0.25) is 0 Å². The van der Waals surface area contributed by atoms with Crippen LogP contribution in [0.3, 0.4) is 0 Å². The Morgan fingerprint density at radius 3 is 2.76 bits per heavy atom. The van der Waals surface area contributed by atoms with Crippen LogP contribution >= 0.6 is 11.3 Å². The van der Waals surface area contributed by atoms with Gasteiger partial charge in [0.15, 0.2) is 11.5 Å². The van der Waals surface area contributed by atoms with Gasteiger partial charge in [-0.25, -0.2) is 4.98 Å². The van der Waals surface area contributed by atoms with Crippen molar-refractivity contribution in [2.24, 2.45) is 0 Å². The summed E-state index contributed by atoms with van der Waals surface area (Å²) in [5.74, 6) is 1.93. The Balaban J connectivity index is 2.08. The fourth-order valence-electron chi connectivity index (χ4n) is 2.41. The molecule has 1 saturated carbocycles. The standard InChI is InChI=1S/C16H16N2O2S/c1-19-12-5-3-4-11(15(12)20-2)16-18-14(10-6-7-10)13(21-16)8-9-17/h3-5,10H,6-8H2,1-2H3. The average molecular weight is 300 g/mol. The second kappa shape index (κ2) is 5.74. The van der Waals surface area contributed by atoms with E-state index < -0.39 is 0 Å². The maximum absolute atomic E-state index is 8.99. The van der Waals surface area contributed by atoms with Crippen molar-refractivity contribution in [3.63, 3.8) is 0 Å². The molecule has 0 aliphatic heterocycles. The first-order chi connectivity index (χ1) is 10.3. The number of hydrogen-bond acceptors (Lipinski definition) is 5. The van der Waals surface area contributed by atoms with E-state index in [1.165, 1.54) is 12.8 Å². The summed E-state index contributed by atoms with van der Waals surface area (Å²) in [5, 5.41) is 9.89. The summed E-state index contributed by atoms with van der Waals surface area (Å²) in [4.78, 5) is 5.86. The van der Waals surface area contributed by atoms with E-state index >= 15 is 0 Å². The number of rotatable bonds is 5. The maximum atomic E-state index is 8.99. The van der Waals surface area contributed by atoms with E-state index in [1.54, 1.807) is 25.6 Å². The molecule has 0 spiro atoms. The molecule has 2 aromatic rings. The average Bonchev–Trinajstić information content (AvgIpc) is 3.28. The van der Waals surface area contributed by atoms with Crippen molar-refractivity contribution in [3.8, 4) is 28.1 Å². The number of hydrogen-bond donors (Lipinski definition) is 0. The Labute approximate surface area is 128 Å². The van der Waals surface area contributed by atoms with Crippen LogP contribution in [0.2, 0.25) is 0 Å². The molecule has 0 N–H and O–H groups in total. The number of aromatic nitrogens is 1. The number of thiazole rings is 1. The van der Waals surface area contributed by atoms with E-state index in [1.807, 2.05) is 18.2 Å². The zero-order valence-corrected chi connectivity index (χ0v) is 12.9. The quantitative estimate of drug-likeness (QED) is 0.843. The second-order valence-corrected chi connectivity index (χ2v) is 6.06. The van der Waals surface area contributed by atoms with Gasteiger partial charge in [0, 0.05) is 10.8 Å². The van der Waals surface area contributed by atoms with Crippen molar-refractivity contribution in [1.29, 1.82) is 5.26 Å². The zero-order valence-electron chi connectivity index (χ0n) is 12.0. The predicted octanol–water partition coefficient (Wildman–Crippen LogP) is 3.77. The molecular weight excluding hydrogens is 284 g/mol. The predicted molar refractivity (Wildman–Crippen MR) is 81.9 cm³/mol. The van der Waals surface area contributed by atoms with E-state index in [0.717, 1.165) is 21.1 Å². The summed E-state index contributed by atoms with van der Waals surface area (Å²) in [7, 11) is 3.26. The van der Waals surface area contributed by atoms with Gasteiger partial charge in [-0.2, -0.15) is 5.26 Å². The Kier molecular flexibility index (Phi) is 3.80. The lowest BCUT2D eigenvalue weighted by atomic mass is 10.2. The highest BCUT2D eigenvalue weighted by Crippen LogP contribution is 2.46. The smallest absolute Gasteiger partial charge is 0.170 e. The van der Waals surface area contributed by atoms with Crippen LogP contribution in [0.25, 0.3) is 10.6 Å². The molecule has 1 aliphatic rings. The van der Waals surface area contributed by atoms with Crippen LogP contribution in [0.15, 0.2) is 18.2 Å². The molecule has 108 valence electrons. The van der Waals surface area contributed by atoms with E-state index in [4.69, 9.17) is 19.7 Å². The van der Waals surface area contributed by atoms with Gasteiger partial charge in [-0.15, -0.1) is 11.3 Å². The molecule has 0 radical (unpaired) electrons. The van der Waals surface area contributed by atoms with E-state index in [2.05, 4.69) is 6.07 Å². The molecule has 4 nitrogen and oxygen atoms in total. The van der Waals surface area contributed by atoms with Crippen molar-refractivity contribution in [3.05, 3.63) is 28.8 Å². The highest BCUT2D eigenvalue weighted by atomic mass is 32.1. The van der Waals surface area contributed by atoms with Crippen molar-refractivity contribution in [1.82, 2.24) is 4.98 Å². The largest absolute Gasteiger partial charge is 0.493 e. The summed E-state index contributed by atoms with van der Waals surface area (Å²) in [6, 6.07) is 8.02. The Hall–Kier alpha value is -2.06. The maximum Gasteiger partial charge on any atom is 0.170 e. The van der Waals surface area contributed by atoms with Gasteiger partial charge in [-0.3, -0.25) is 0 Å². The van der Waals surface area contributed by atoms with Gasteiger partial charge in [0.1, 0.15) is 5.01 Å². The van der Waals surface area contributed by atoms with Crippen LogP contribution in [0.4, 0.5) is 0 Å². The monoisotopic (exact) mass is 300 g/mol. The Morgan fingerprint density at radius 2 is 2.14 bits per heavy atom. The summed E-state index contributed by atoms with van der Waals surface area (Å²) >= 11 is 1.59. The van der Waals surface area contributed by atoms with Gasteiger partial charge >= 0.3 is 0 Å². The van der Waals surface area contributed by atoms with Gasteiger partial charge in [0.05, 0.1) is 38.0 Å². The normalized spacial score (nSPS) is 13.8. The number of benzene rings is 1. The van der Waals surface area contributed by atoms with Crippen molar-refractivity contribution < 1.29 is 9.47 Å². The first kappa shape index (κ1) is 13.9. The minimum Gasteiger partial charge on any atom is -0.493 e. The van der Waals surface area contributed by atoms with E-state index in [0.29, 0.717) is 23.8 Å². The lowest BCUT2D eigenvalue weighted by Crippen LogP contribution is -1.93. The van der Waals surface area contributed by atoms with Crippen LogP contribution in [-0.4, -0.2) is 19.2 Å². The molecule has 21 heavy (non-hydrogen) atoms. The first-order valence-electron chi connectivity index (χ1n) is 6.86. The molecule has 0 unspecified atom stereocenters. The fourth-order valence-corrected chi connectivity index (χ4v) is 3.51. The molecule has 3 rings (SSSR count). The number of para-hydroxylation sites is 1. The number of nitriles is 1. The molecule has 1 heterocycles. The van der Waals surface area contributed by atoms with Gasteiger partial charge in [-0.05, 0) is 25.0 Å². The topological polar surface area (TPSA) is 55.1 Å². The summed E-state index contributed by atoms with van der Waals surface area (Å²) in [6.07, 6.45) is 2.78. The van der Waals surface area contributed by atoms with Crippen molar-refractivity contribution in [2.45, 2.75) is 25.2 Å². The van der Waals surface area contributed by atoms with Gasteiger partial charge in [-0.1, -0.05) is 6.07 Å². The third-order valence-corrected chi connectivity index (χ3v) is 4.67. The minimum atomic E-state index is 0.426. The van der Waals surface area contributed by atoms with Gasteiger partial charge < -0.3 is 9.47 Å². The van der Waals surface area contributed by atoms with Crippen LogP contribution in [0, 0.1) is 11.3 Å². The number of methoxy groups -OCH3 is 2. The van der Waals surface area contributed by atoms with Crippen molar-refractivity contribution >= 4 is 11.3 Å². The summed E-state index contributed by atoms with van der Waals surface area (Å²) in [5.41, 5.74) is 2.02. The highest BCUT2D eigenvalue weighted by molar-refractivity contribution is 7.15. The van der Waals surface area contributed by atoms with Crippen molar-refractivity contribution in [2.75, 3.05) is 14.2 Å². The number of ether oxygens (including phenoxy) is 2. The van der Waals surface area contributed by atoms with Crippen LogP contribution < -0.4 is 9.47 Å². The lowest BCUT2D eigenvalue weighted by Gasteiger charge is -2.10. The molecule has 0 atom stereocenters. The highest BCUT2D eigenvalue weighted by Gasteiger charge is 2.30. The Bertz CT molecular complexity index is 699. The van der Waals surface area contributed by atoms with E-state index in [-0.39, 0.29) is 0 Å². The lowest BCUT2D eigenvalue weighted by molar-refractivity contribution is 0.356. The first-order valence-corrected chi connectivity index (χ1v) is 7.68. The third kappa shape index (κ3) is 2.59. The fraction of sp³-hybridized carbons (Fsp3) is 0.375. The SMILES string of the molecule is COc1cccc(-c2nc(C3CC3)c(CC#N)s2)c1OC. The molecule has 5 heteroatoms. The molecule has 0 saturated heterocycles. The number of nitrogens with zero attached hydrogens (tertiary/aromatic N) is 2. The van der Waals surface area contributed by atoms with Crippen LogP contribution in [0.5, 0.6) is 11.5 Å². The zero-order chi connectivity index (χ0) is 14.8. The molecule has 1 aliphatic carbocycles. The molecule has 0 amide bonds. The molecule has 1 aromatic carbocycles. The van der Waals surface area contributed by atoms with Crippen LogP contribution in [0.1, 0.15) is 29.3 Å².